The van der Waals surface area contributed by atoms with Crippen molar-refractivity contribution in [1.82, 2.24) is 9.21 Å². The molecule has 1 fully saturated rings. The molecule has 2 atom stereocenters. The lowest BCUT2D eigenvalue weighted by atomic mass is 10.0. The molecule has 14 heteroatoms. The molecule has 0 saturated carbocycles. The molecular weight excluding hydrogens is 664 g/mol. The predicted octanol–water partition coefficient (Wildman–Crippen LogP) is 6.35. The number of hydrogen-bond donors (Lipinski definition) is 1. The van der Waals surface area contributed by atoms with Gasteiger partial charge in [-0.1, -0.05) is 95.9 Å². The van der Waals surface area contributed by atoms with Crippen molar-refractivity contribution in [3.05, 3.63) is 48.5 Å². The number of methoxy groups -OCH3 is 1. The van der Waals surface area contributed by atoms with Gasteiger partial charge in [-0.15, -0.1) is 0 Å². The number of para-hydroxylation sites is 3. The Bertz CT molecular complexity index is 1680. The van der Waals surface area contributed by atoms with Crippen LogP contribution >= 0.6 is 0 Å². The van der Waals surface area contributed by atoms with Crippen molar-refractivity contribution in [2.45, 2.75) is 108 Å². The molecule has 2 unspecified atom stereocenters. The molecule has 0 bridgehead atoms. The first-order chi connectivity index (χ1) is 24.0. The summed E-state index contributed by atoms with van der Waals surface area (Å²) in [5.41, 5.74) is -1.47. The summed E-state index contributed by atoms with van der Waals surface area (Å²) in [6, 6.07) is 10.3. The third-order valence-electron chi connectivity index (χ3n) is 8.93. The van der Waals surface area contributed by atoms with Gasteiger partial charge in [-0.2, -0.15) is 0 Å². The summed E-state index contributed by atoms with van der Waals surface area (Å²) in [5.74, 6) is -3.01. The normalized spacial score (nSPS) is 18.6. The summed E-state index contributed by atoms with van der Waals surface area (Å²) in [5, 5.41) is 2.64. The number of esters is 1. The highest BCUT2D eigenvalue weighted by molar-refractivity contribution is 7.90. The Hall–Kier alpha value is -4.46. The zero-order valence-electron chi connectivity index (χ0n) is 29.3. The standard InChI is InChI=1S/C36H48N4O9S/c1-5-7-8-9-10-11-12-13-14-19-24-48-30(41)25-39-32(37-27-21-16-18-23-29(27)50(39,45)46)31(40-34(43)36(3,6-2)49-35(40)44)33(42)38-26-20-15-17-22-28(26)47-4/h15-18,20-23,31H,5-14,19,24-25H2,1-4H3,(H,38,42). The van der Waals surface area contributed by atoms with Crippen LogP contribution in [-0.4, -0.2) is 79.2 Å². The van der Waals surface area contributed by atoms with E-state index in [1.807, 2.05) is 0 Å². The highest BCUT2D eigenvalue weighted by Crippen LogP contribution is 2.37. The molecule has 0 aromatic heterocycles. The number of hydrogen-bond acceptors (Lipinski definition) is 10. The van der Waals surface area contributed by atoms with E-state index in [1.165, 1.54) is 70.4 Å². The molecule has 2 heterocycles. The molecule has 0 spiro atoms. The maximum atomic E-state index is 14.2. The van der Waals surface area contributed by atoms with Crippen LogP contribution in [0.25, 0.3) is 0 Å². The predicted molar refractivity (Wildman–Crippen MR) is 188 cm³/mol. The van der Waals surface area contributed by atoms with Gasteiger partial charge in [0.05, 0.1) is 25.1 Å². The van der Waals surface area contributed by atoms with Gasteiger partial charge in [-0.25, -0.2) is 27.4 Å². The van der Waals surface area contributed by atoms with Crippen LogP contribution < -0.4 is 10.1 Å². The summed E-state index contributed by atoms with van der Waals surface area (Å²) in [6.07, 6.45) is 9.83. The Labute approximate surface area is 294 Å². The number of benzene rings is 2. The second-order valence-electron chi connectivity index (χ2n) is 12.6. The number of aliphatic imine (C=N–C) groups is 1. The zero-order valence-corrected chi connectivity index (χ0v) is 30.1. The van der Waals surface area contributed by atoms with Gasteiger partial charge < -0.3 is 19.5 Å². The van der Waals surface area contributed by atoms with Crippen molar-refractivity contribution in [3.63, 3.8) is 0 Å². The van der Waals surface area contributed by atoms with Crippen molar-refractivity contribution in [2.75, 3.05) is 25.6 Å². The van der Waals surface area contributed by atoms with Crippen LogP contribution in [0.1, 0.15) is 91.4 Å². The van der Waals surface area contributed by atoms with E-state index in [0.717, 1.165) is 25.7 Å². The fraction of sp³-hybridized carbons (Fsp3) is 0.528. The quantitative estimate of drug-likeness (QED) is 0.129. The van der Waals surface area contributed by atoms with E-state index in [1.54, 1.807) is 31.2 Å². The Morgan fingerprint density at radius 3 is 2.18 bits per heavy atom. The first-order valence-corrected chi connectivity index (χ1v) is 18.8. The smallest absolute Gasteiger partial charge is 0.418 e. The number of fused-ring (bicyclic) bond motifs is 1. The number of sulfonamides is 1. The summed E-state index contributed by atoms with van der Waals surface area (Å²) in [7, 11) is -3.14. The molecular formula is C36H48N4O9S. The van der Waals surface area contributed by atoms with Gasteiger partial charge in [-0.3, -0.25) is 14.4 Å². The number of nitrogens with zero attached hydrogens (tertiary/aromatic N) is 3. The maximum Gasteiger partial charge on any atom is 0.418 e. The van der Waals surface area contributed by atoms with E-state index in [4.69, 9.17) is 14.2 Å². The van der Waals surface area contributed by atoms with Gasteiger partial charge in [0.25, 0.3) is 21.8 Å². The summed E-state index contributed by atoms with van der Waals surface area (Å²) >= 11 is 0. The van der Waals surface area contributed by atoms with Crippen molar-refractivity contribution in [2.24, 2.45) is 4.99 Å². The van der Waals surface area contributed by atoms with Crippen LogP contribution in [-0.2, 0) is 33.9 Å². The molecule has 1 saturated heterocycles. The van der Waals surface area contributed by atoms with Crippen LogP contribution in [0.4, 0.5) is 16.2 Å². The van der Waals surface area contributed by atoms with Gasteiger partial charge in [0.1, 0.15) is 17.2 Å². The largest absolute Gasteiger partial charge is 0.495 e. The Balaban J connectivity index is 1.60. The number of imide groups is 1. The SMILES string of the molecule is CCCCCCCCCCCCOC(=O)CN1C(C(C(=O)Nc2ccccc2OC)N2C(=O)OC(C)(CC)C2=O)=Nc2ccccc2S1(=O)=O. The molecule has 2 aromatic rings. The monoisotopic (exact) mass is 712 g/mol. The van der Waals surface area contributed by atoms with Crippen LogP contribution in [0, 0.1) is 0 Å². The van der Waals surface area contributed by atoms with E-state index in [9.17, 15) is 27.6 Å². The number of amidine groups is 1. The van der Waals surface area contributed by atoms with Gasteiger partial charge in [0.2, 0.25) is 0 Å². The average Bonchev–Trinajstić information content (AvgIpc) is 3.32. The van der Waals surface area contributed by atoms with Crippen molar-refractivity contribution in [1.29, 1.82) is 0 Å². The fourth-order valence-electron chi connectivity index (χ4n) is 5.86. The van der Waals surface area contributed by atoms with E-state index in [-0.39, 0.29) is 35.0 Å². The van der Waals surface area contributed by atoms with Gasteiger partial charge in [0.15, 0.2) is 17.5 Å². The first kappa shape index (κ1) is 38.3. The highest BCUT2D eigenvalue weighted by Gasteiger charge is 2.56. The number of carbonyl (C=O) groups excluding carboxylic acids is 4. The van der Waals surface area contributed by atoms with Gasteiger partial charge >= 0.3 is 12.1 Å². The molecule has 3 amide bonds. The molecule has 2 aromatic carbocycles. The lowest BCUT2D eigenvalue weighted by Gasteiger charge is -2.34. The second-order valence-corrected chi connectivity index (χ2v) is 14.4. The molecule has 272 valence electrons. The molecule has 1 N–H and O–H groups in total. The number of anilines is 1. The summed E-state index contributed by atoms with van der Waals surface area (Å²) < 4.78 is 45.1. The van der Waals surface area contributed by atoms with Crippen molar-refractivity contribution < 1.29 is 41.8 Å². The second kappa shape index (κ2) is 17.5. The molecule has 2 aliphatic heterocycles. The van der Waals surface area contributed by atoms with Crippen LogP contribution in [0.2, 0.25) is 0 Å². The highest BCUT2D eigenvalue weighted by atomic mass is 32.2. The third kappa shape index (κ3) is 8.82. The molecule has 0 radical (unpaired) electrons. The minimum atomic E-state index is -4.54. The van der Waals surface area contributed by atoms with Crippen LogP contribution in [0.5, 0.6) is 5.75 Å². The maximum absolute atomic E-state index is 14.2. The van der Waals surface area contributed by atoms with E-state index in [0.29, 0.717) is 15.6 Å². The lowest BCUT2D eigenvalue weighted by Crippen LogP contribution is -2.59. The van der Waals surface area contributed by atoms with Gasteiger partial charge in [-0.05, 0) is 44.0 Å². The Morgan fingerprint density at radius 2 is 1.54 bits per heavy atom. The summed E-state index contributed by atoms with van der Waals surface area (Å²) in [6.45, 7) is 4.46. The first-order valence-electron chi connectivity index (χ1n) is 17.3. The average molecular weight is 713 g/mol. The topological polar surface area (TPSA) is 161 Å². The Kier molecular flexibility index (Phi) is 13.4. The number of carbonyl (C=O) groups is 4. The van der Waals surface area contributed by atoms with Gasteiger partial charge in [0, 0.05) is 0 Å². The third-order valence-corrected chi connectivity index (χ3v) is 10.7. The number of amides is 3. The van der Waals surface area contributed by atoms with E-state index >= 15 is 0 Å². The number of ether oxygens (including phenoxy) is 3. The lowest BCUT2D eigenvalue weighted by molar-refractivity contribution is -0.143. The molecule has 50 heavy (non-hydrogen) atoms. The van der Waals surface area contributed by atoms with Crippen molar-refractivity contribution >= 4 is 51.1 Å². The minimum Gasteiger partial charge on any atom is -0.495 e. The zero-order chi connectivity index (χ0) is 36.3. The Morgan fingerprint density at radius 1 is 0.920 bits per heavy atom. The van der Waals surface area contributed by atoms with Crippen molar-refractivity contribution in [3.8, 4) is 5.75 Å². The molecule has 2 aliphatic rings. The van der Waals surface area contributed by atoms with Crippen LogP contribution in [0.3, 0.4) is 0 Å². The van der Waals surface area contributed by atoms with Crippen LogP contribution in [0.15, 0.2) is 58.4 Å². The minimum absolute atomic E-state index is 0.0363. The number of unbranched alkanes of at least 4 members (excludes halogenated alkanes) is 9. The molecule has 0 aliphatic carbocycles. The molecule has 4 rings (SSSR count). The number of nitrogens with one attached hydrogen (secondary N) is 1. The van der Waals surface area contributed by atoms with E-state index in [2.05, 4.69) is 17.2 Å². The summed E-state index contributed by atoms with van der Waals surface area (Å²) in [4.78, 5) is 59.4. The number of cyclic esters (lactones) is 1. The molecule has 13 nitrogen and oxygen atoms in total. The number of rotatable bonds is 19. The van der Waals surface area contributed by atoms with E-state index < -0.39 is 57.9 Å². The fourth-order valence-corrected chi connectivity index (χ4v) is 7.39.